The fourth-order valence-electron chi connectivity index (χ4n) is 3.52. The molecule has 25 heavy (non-hydrogen) atoms. The summed E-state index contributed by atoms with van der Waals surface area (Å²) in [7, 11) is 0. The zero-order chi connectivity index (χ0) is 17.4. The topological polar surface area (TPSA) is 71.9 Å². The van der Waals surface area contributed by atoms with Crippen molar-refractivity contribution in [2.45, 2.75) is 32.4 Å². The molecule has 2 atom stereocenters. The molecule has 2 aromatic rings. The number of thiazole rings is 1. The Kier molecular flexibility index (Phi) is 4.35. The van der Waals surface area contributed by atoms with Crippen LogP contribution in [0.5, 0.6) is 11.5 Å². The van der Waals surface area contributed by atoms with Gasteiger partial charge in [0.05, 0.1) is 11.6 Å². The van der Waals surface area contributed by atoms with Crippen LogP contribution in [-0.4, -0.2) is 40.3 Å². The number of carbonyl (C=O) groups is 1. The van der Waals surface area contributed by atoms with Crippen LogP contribution in [0.4, 0.5) is 0 Å². The Labute approximate surface area is 150 Å². The summed E-state index contributed by atoms with van der Waals surface area (Å²) in [5, 5.41) is 12.4. The minimum atomic E-state index is -0.698. The van der Waals surface area contributed by atoms with Crippen molar-refractivity contribution in [2.24, 2.45) is 5.92 Å². The van der Waals surface area contributed by atoms with Gasteiger partial charge < -0.3 is 14.6 Å². The van der Waals surface area contributed by atoms with Crippen LogP contribution in [0.2, 0.25) is 0 Å². The number of hydrogen-bond donors (Lipinski definition) is 1. The van der Waals surface area contributed by atoms with Crippen molar-refractivity contribution >= 4 is 17.3 Å². The van der Waals surface area contributed by atoms with E-state index >= 15 is 0 Å². The van der Waals surface area contributed by atoms with Crippen LogP contribution in [0.25, 0.3) is 10.6 Å². The highest BCUT2D eigenvalue weighted by Gasteiger charge is 2.33. The van der Waals surface area contributed by atoms with Crippen molar-refractivity contribution in [2.75, 3.05) is 13.3 Å². The smallest absolute Gasteiger partial charge is 0.308 e. The molecule has 6 nitrogen and oxygen atoms in total. The van der Waals surface area contributed by atoms with Crippen LogP contribution in [0, 0.1) is 5.92 Å². The third-order valence-electron chi connectivity index (χ3n) is 4.97. The van der Waals surface area contributed by atoms with E-state index in [1.807, 2.05) is 25.1 Å². The summed E-state index contributed by atoms with van der Waals surface area (Å²) < 4.78 is 10.8. The molecule has 1 fully saturated rings. The first-order valence-electron chi connectivity index (χ1n) is 8.43. The number of hydrogen-bond acceptors (Lipinski definition) is 6. The number of piperidine rings is 1. The first kappa shape index (κ1) is 16.4. The van der Waals surface area contributed by atoms with E-state index in [1.165, 1.54) is 0 Å². The molecule has 1 aromatic heterocycles. The highest BCUT2D eigenvalue weighted by Crippen LogP contribution is 2.37. The Morgan fingerprint density at radius 1 is 1.40 bits per heavy atom. The number of likely N-dealkylation sites (tertiary alicyclic amines) is 1. The van der Waals surface area contributed by atoms with Gasteiger partial charge in [0.2, 0.25) is 6.79 Å². The Morgan fingerprint density at radius 2 is 2.24 bits per heavy atom. The first-order chi connectivity index (χ1) is 12.1. The second kappa shape index (κ2) is 6.65. The van der Waals surface area contributed by atoms with E-state index in [9.17, 15) is 9.90 Å². The number of benzene rings is 1. The van der Waals surface area contributed by atoms with Gasteiger partial charge in [-0.3, -0.25) is 9.69 Å². The lowest BCUT2D eigenvalue weighted by molar-refractivity contribution is -0.145. The van der Waals surface area contributed by atoms with Gasteiger partial charge in [0.15, 0.2) is 11.5 Å². The van der Waals surface area contributed by atoms with Crippen molar-refractivity contribution in [1.29, 1.82) is 0 Å². The molecule has 3 heterocycles. The maximum absolute atomic E-state index is 11.4. The lowest BCUT2D eigenvalue weighted by Gasteiger charge is -2.37. The number of carboxylic acid groups (broad SMARTS) is 1. The van der Waals surface area contributed by atoms with Crippen LogP contribution in [0.15, 0.2) is 23.6 Å². The van der Waals surface area contributed by atoms with E-state index in [1.54, 1.807) is 11.3 Å². The summed E-state index contributed by atoms with van der Waals surface area (Å²) in [6.45, 7) is 3.87. The highest BCUT2D eigenvalue weighted by atomic mass is 32.1. The van der Waals surface area contributed by atoms with Gasteiger partial charge >= 0.3 is 5.97 Å². The van der Waals surface area contributed by atoms with Crippen LogP contribution in [-0.2, 0) is 11.3 Å². The lowest BCUT2D eigenvalue weighted by atomic mass is 9.90. The average molecular weight is 360 g/mol. The molecule has 0 saturated carbocycles. The molecule has 0 amide bonds. The van der Waals surface area contributed by atoms with Gasteiger partial charge in [-0.25, -0.2) is 4.98 Å². The van der Waals surface area contributed by atoms with Gasteiger partial charge in [-0.1, -0.05) is 0 Å². The van der Waals surface area contributed by atoms with Crippen molar-refractivity contribution in [3.8, 4) is 22.1 Å². The highest BCUT2D eigenvalue weighted by molar-refractivity contribution is 7.13. The van der Waals surface area contributed by atoms with Crippen molar-refractivity contribution in [1.82, 2.24) is 9.88 Å². The van der Waals surface area contributed by atoms with E-state index in [-0.39, 0.29) is 18.8 Å². The van der Waals surface area contributed by atoms with E-state index in [0.29, 0.717) is 6.54 Å². The zero-order valence-electron chi connectivity index (χ0n) is 14.0. The number of nitrogens with zero attached hydrogens (tertiary/aromatic N) is 2. The molecule has 132 valence electrons. The molecule has 0 aliphatic carbocycles. The number of carboxylic acids is 1. The van der Waals surface area contributed by atoms with Crippen LogP contribution < -0.4 is 9.47 Å². The maximum atomic E-state index is 11.4. The number of fused-ring (bicyclic) bond motifs is 1. The van der Waals surface area contributed by atoms with Crippen LogP contribution in [0.1, 0.15) is 25.5 Å². The van der Waals surface area contributed by atoms with Crippen LogP contribution >= 0.6 is 11.3 Å². The second-order valence-electron chi connectivity index (χ2n) is 6.51. The third-order valence-corrected chi connectivity index (χ3v) is 5.91. The molecule has 4 rings (SSSR count). The van der Waals surface area contributed by atoms with Gasteiger partial charge in [0.25, 0.3) is 0 Å². The van der Waals surface area contributed by atoms with Crippen molar-refractivity contribution < 1.29 is 19.4 Å². The number of rotatable bonds is 4. The summed E-state index contributed by atoms with van der Waals surface area (Å²) >= 11 is 1.59. The lowest BCUT2D eigenvalue weighted by Crippen LogP contribution is -2.45. The molecule has 0 unspecified atom stereocenters. The Hall–Kier alpha value is -2.12. The molecule has 2 aliphatic rings. The van der Waals surface area contributed by atoms with Gasteiger partial charge in [0, 0.05) is 23.5 Å². The van der Waals surface area contributed by atoms with E-state index in [4.69, 9.17) is 14.5 Å². The average Bonchev–Trinajstić information content (AvgIpc) is 3.24. The summed E-state index contributed by atoms with van der Waals surface area (Å²) in [6, 6.07) is 5.87. The summed E-state index contributed by atoms with van der Waals surface area (Å²) in [4.78, 5) is 18.3. The van der Waals surface area contributed by atoms with Crippen LogP contribution in [0.3, 0.4) is 0 Å². The molecular weight excluding hydrogens is 340 g/mol. The van der Waals surface area contributed by atoms with Crippen molar-refractivity contribution in [3.63, 3.8) is 0 Å². The monoisotopic (exact) mass is 360 g/mol. The maximum Gasteiger partial charge on any atom is 0.308 e. The molecule has 0 bridgehead atoms. The van der Waals surface area contributed by atoms with E-state index in [0.717, 1.165) is 47.2 Å². The molecule has 1 aromatic carbocycles. The summed E-state index contributed by atoms with van der Waals surface area (Å²) in [5.74, 6) is 0.530. The quantitative estimate of drug-likeness (QED) is 0.903. The Morgan fingerprint density at radius 3 is 3.08 bits per heavy atom. The molecule has 0 spiro atoms. The normalized spacial score (nSPS) is 22.9. The molecule has 1 N–H and O–H groups in total. The fraction of sp³-hybridized carbons (Fsp3) is 0.444. The SMILES string of the molecule is C[C@@H]1[C@H](C(=O)O)CCCN1Cc1csc(-c2ccc3c(c2)OCO3)n1. The molecule has 7 heteroatoms. The van der Waals surface area contributed by atoms with Gasteiger partial charge in [-0.05, 0) is 44.5 Å². The number of ether oxygens (including phenoxy) is 2. The Bertz CT molecular complexity index is 791. The standard InChI is InChI=1S/C18H20N2O4S/c1-11-14(18(21)22)3-2-6-20(11)8-13-9-25-17(19-13)12-4-5-15-16(7-12)24-10-23-15/h4-5,7,9,11,14H,2-3,6,8,10H2,1H3,(H,21,22)/t11-,14-/m1/s1. The predicted octanol–water partition coefficient (Wildman–Crippen LogP) is 3.22. The number of aliphatic carboxylic acids is 1. The minimum absolute atomic E-state index is 0.0296. The van der Waals surface area contributed by atoms with Gasteiger partial charge in [-0.2, -0.15) is 0 Å². The predicted molar refractivity (Wildman–Crippen MR) is 93.9 cm³/mol. The summed E-state index contributed by atoms with van der Waals surface area (Å²) in [6.07, 6.45) is 1.67. The van der Waals surface area contributed by atoms with Gasteiger partial charge in [0.1, 0.15) is 5.01 Å². The van der Waals surface area contributed by atoms with E-state index in [2.05, 4.69) is 10.3 Å². The minimum Gasteiger partial charge on any atom is -0.481 e. The van der Waals surface area contributed by atoms with Gasteiger partial charge in [-0.15, -0.1) is 11.3 Å². The number of aromatic nitrogens is 1. The largest absolute Gasteiger partial charge is 0.481 e. The Balaban J connectivity index is 1.49. The molecular formula is C18H20N2O4S. The van der Waals surface area contributed by atoms with Crippen molar-refractivity contribution in [3.05, 3.63) is 29.3 Å². The van der Waals surface area contributed by atoms with E-state index < -0.39 is 5.97 Å². The molecule has 2 aliphatic heterocycles. The fourth-order valence-corrected chi connectivity index (χ4v) is 4.32. The molecule has 1 saturated heterocycles. The summed E-state index contributed by atoms with van der Waals surface area (Å²) in [5.41, 5.74) is 1.99. The third kappa shape index (κ3) is 3.21. The zero-order valence-corrected chi connectivity index (χ0v) is 14.8. The molecule has 0 radical (unpaired) electrons. The first-order valence-corrected chi connectivity index (χ1v) is 9.31. The second-order valence-corrected chi connectivity index (χ2v) is 7.37.